The first kappa shape index (κ1) is 6.07. The van der Waals surface area contributed by atoms with E-state index in [1.165, 1.54) is 0 Å². The van der Waals surface area contributed by atoms with Gasteiger partial charge in [-0.25, -0.2) is 0 Å². The predicted octanol–water partition coefficient (Wildman–Crippen LogP) is 1.84. The molecule has 0 aromatic heterocycles. The van der Waals surface area contributed by atoms with Crippen LogP contribution in [0.25, 0.3) is 0 Å². The fourth-order valence-electron chi connectivity index (χ4n) is 0.475. The third kappa shape index (κ3) is 1.21. The molecule has 0 heterocycles. The van der Waals surface area contributed by atoms with Gasteiger partial charge < -0.3 is 0 Å². The van der Waals surface area contributed by atoms with E-state index < -0.39 is 0 Å². The van der Waals surface area contributed by atoms with Crippen LogP contribution >= 0.6 is 20.8 Å². The van der Waals surface area contributed by atoms with Crippen molar-refractivity contribution in [2.45, 2.75) is 0 Å². The van der Waals surface area contributed by atoms with Gasteiger partial charge in [0, 0.05) is 5.02 Å². The molecule has 0 aliphatic rings. The molecule has 0 radical (unpaired) electrons. The molecule has 1 atom stereocenters. The lowest BCUT2D eigenvalue weighted by molar-refractivity contribution is 1.78. The summed E-state index contributed by atoms with van der Waals surface area (Å²) in [6.45, 7) is 0. The van der Waals surface area contributed by atoms with Gasteiger partial charge in [0.2, 0.25) is 0 Å². The molecule has 0 aliphatic heterocycles. The summed E-state index contributed by atoms with van der Waals surface area (Å²) in [5, 5.41) is 1.85. The second kappa shape index (κ2) is 2.48. The van der Waals surface area contributed by atoms with E-state index in [1.807, 2.05) is 24.3 Å². The van der Waals surface area contributed by atoms with Crippen molar-refractivity contribution < 1.29 is 0 Å². The molecule has 1 rings (SSSR count). The van der Waals surface area contributed by atoms with Crippen LogP contribution in [-0.2, 0) is 0 Å². The molecule has 0 nitrogen and oxygen atoms in total. The van der Waals surface area contributed by atoms with Gasteiger partial charge >= 0.3 is 0 Å². The fourth-order valence-corrected chi connectivity index (χ4v) is 0.818. The zero-order valence-electron chi connectivity index (χ0n) is 4.26. The van der Waals surface area contributed by atoms with E-state index in [0.717, 1.165) is 10.3 Å². The van der Waals surface area contributed by atoms with E-state index in [9.17, 15) is 0 Å². The van der Waals surface area contributed by atoms with Gasteiger partial charge in [0.05, 0.1) is 0 Å². The molecule has 1 unspecified atom stereocenters. The number of hydrogen-bond donors (Lipinski definition) is 0. The largest absolute Gasteiger partial charge is 0.104 e. The minimum Gasteiger partial charge on any atom is -0.104 e. The topological polar surface area (TPSA) is 0 Å². The van der Waals surface area contributed by atoms with E-state index in [4.69, 9.17) is 11.6 Å². The van der Waals surface area contributed by atoms with Crippen LogP contribution < -0.4 is 5.30 Å². The molecule has 0 fully saturated rings. The molecule has 0 aliphatic carbocycles. The standard InChI is InChI=1S/C6H6ClP/c7-5-3-1-2-4-6(5)8/h1-4H,8H2. The van der Waals surface area contributed by atoms with Gasteiger partial charge in [-0.05, 0) is 11.4 Å². The highest BCUT2D eigenvalue weighted by molar-refractivity contribution is 7.28. The molecule has 8 heavy (non-hydrogen) atoms. The molecule has 0 bridgehead atoms. The summed E-state index contributed by atoms with van der Waals surface area (Å²) in [5.41, 5.74) is 0. The van der Waals surface area contributed by atoms with Gasteiger partial charge in [-0.15, -0.1) is 9.24 Å². The third-order valence-corrected chi connectivity index (χ3v) is 1.94. The number of benzene rings is 1. The van der Waals surface area contributed by atoms with Gasteiger partial charge in [-0.3, -0.25) is 0 Å². The van der Waals surface area contributed by atoms with Crippen molar-refractivity contribution in [3.8, 4) is 0 Å². The van der Waals surface area contributed by atoms with Crippen LogP contribution in [0.4, 0.5) is 0 Å². The summed E-state index contributed by atoms with van der Waals surface area (Å²) >= 11 is 5.69. The molecule has 0 amide bonds. The molecule has 0 saturated heterocycles. The van der Waals surface area contributed by atoms with Crippen LogP contribution in [-0.4, -0.2) is 0 Å². The molecule has 2 heteroatoms. The highest BCUT2D eigenvalue weighted by Gasteiger charge is 1.86. The number of halogens is 1. The summed E-state index contributed by atoms with van der Waals surface area (Å²) in [6.07, 6.45) is 0. The maximum absolute atomic E-state index is 5.69. The number of rotatable bonds is 0. The first-order valence-electron chi connectivity index (χ1n) is 2.31. The van der Waals surface area contributed by atoms with Gasteiger partial charge in [0.15, 0.2) is 0 Å². The van der Waals surface area contributed by atoms with E-state index in [1.54, 1.807) is 0 Å². The second-order valence-corrected chi connectivity index (χ2v) is 2.55. The van der Waals surface area contributed by atoms with Crippen molar-refractivity contribution >= 4 is 26.1 Å². The number of hydrogen-bond acceptors (Lipinski definition) is 0. The van der Waals surface area contributed by atoms with Crippen LogP contribution in [0.2, 0.25) is 5.02 Å². The Morgan fingerprint density at radius 3 is 2.25 bits per heavy atom. The lowest BCUT2D eigenvalue weighted by Crippen LogP contribution is -1.87. The van der Waals surface area contributed by atoms with Crippen molar-refractivity contribution in [1.82, 2.24) is 0 Å². The maximum Gasteiger partial charge on any atom is 0.0477 e. The smallest absolute Gasteiger partial charge is 0.0477 e. The monoisotopic (exact) mass is 144 g/mol. The Balaban J connectivity index is 3.13. The molecule has 1 aromatic rings. The highest BCUT2D eigenvalue weighted by atomic mass is 35.5. The quantitative estimate of drug-likeness (QED) is 0.488. The molecule has 42 valence electrons. The van der Waals surface area contributed by atoms with Crippen LogP contribution in [0.15, 0.2) is 24.3 Å². The average Bonchev–Trinajstić information content (AvgIpc) is 1.77. The molecule has 0 N–H and O–H groups in total. The van der Waals surface area contributed by atoms with Crippen molar-refractivity contribution in [2.24, 2.45) is 0 Å². The van der Waals surface area contributed by atoms with E-state index in [2.05, 4.69) is 9.24 Å². The maximum atomic E-state index is 5.69. The van der Waals surface area contributed by atoms with E-state index in [0.29, 0.717) is 0 Å². The van der Waals surface area contributed by atoms with Crippen molar-refractivity contribution in [2.75, 3.05) is 0 Å². The fraction of sp³-hybridized carbons (Fsp3) is 0. The van der Waals surface area contributed by atoms with Gasteiger partial charge in [-0.2, -0.15) is 0 Å². The Labute approximate surface area is 56.1 Å². The molecule has 1 aromatic carbocycles. The Kier molecular flexibility index (Phi) is 1.88. The lowest BCUT2D eigenvalue weighted by atomic mass is 10.4. The van der Waals surface area contributed by atoms with Crippen LogP contribution in [0.5, 0.6) is 0 Å². The molecular formula is C6H6ClP. The summed E-state index contributed by atoms with van der Waals surface area (Å²) < 4.78 is 0. The SMILES string of the molecule is Pc1ccccc1Cl. The summed E-state index contributed by atoms with van der Waals surface area (Å²) in [6, 6.07) is 7.68. The minimum absolute atomic E-state index is 0.803. The normalized spacial score (nSPS) is 9.25. The summed E-state index contributed by atoms with van der Waals surface area (Å²) in [5.74, 6) is 0. The van der Waals surface area contributed by atoms with Crippen LogP contribution in [0.1, 0.15) is 0 Å². The van der Waals surface area contributed by atoms with Crippen molar-refractivity contribution in [1.29, 1.82) is 0 Å². The third-order valence-electron chi connectivity index (χ3n) is 0.905. The predicted molar refractivity (Wildman–Crippen MR) is 40.8 cm³/mol. The molecule has 0 saturated carbocycles. The summed E-state index contributed by atoms with van der Waals surface area (Å²) in [7, 11) is 2.55. The van der Waals surface area contributed by atoms with E-state index in [-0.39, 0.29) is 0 Å². The molecule has 0 spiro atoms. The lowest BCUT2D eigenvalue weighted by Gasteiger charge is -1.90. The Hall–Kier alpha value is -0.0600. The Bertz CT molecular complexity index is 165. The highest BCUT2D eigenvalue weighted by Crippen LogP contribution is 2.05. The van der Waals surface area contributed by atoms with Gasteiger partial charge in [0.1, 0.15) is 0 Å². The first-order valence-corrected chi connectivity index (χ1v) is 3.26. The first-order chi connectivity index (χ1) is 3.80. The van der Waals surface area contributed by atoms with Crippen molar-refractivity contribution in [3.05, 3.63) is 29.3 Å². The summed E-state index contributed by atoms with van der Waals surface area (Å²) in [4.78, 5) is 0. The van der Waals surface area contributed by atoms with Crippen molar-refractivity contribution in [3.63, 3.8) is 0 Å². The Morgan fingerprint density at radius 2 is 1.88 bits per heavy atom. The van der Waals surface area contributed by atoms with Gasteiger partial charge in [0.25, 0.3) is 0 Å². The van der Waals surface area contributed by atoms with Gasteiger partial charge in [-0.1, -0.05) is 29.8 Å². The molecular weight excluding hydrogens is 138 g/mol. The Morgan fingerprint density at radius 1 is 1.25 bits per heavy atom. The average molecular weight is 145 g/mol. The van der Waals surface area contributed by atoms with Crippen LogP contribution in [0.3, 0.4) is 0 Å². The van der Waals surface area contributed by atoms with Crippen LogP contribution in [0, 0.1) is 0 Å². The second-order valence-electron chi connectivity index (χ2n) is 1.52. The zero-order valence-corrected chi connectivity index (χ0v) is 6.18. The van der Waals surface area contributed by atoms with E-state index >= 15 is 0 Å². The minimum atomic E-state index is 0.803. The zero-order chi connectivity index (χ0) is 5.98.